The summed E-state index contributed by atoms with van der Waals surface area (Å²) in [5.41, 5.74) is 0. The van der Waals surface area contributed by atoms with Crippen molar-refractivity contribution in [1.82, 2.24) is 4.72 Å². The van der Waals surface area contributed by atoms with Gasteiger partial charge in [-0.15, -0.1) is 0 Å². The van der Waals surface area contributed by atoms with E-state index in [1.807, 2.05) is 4.72 Å². The smallest absolute Gasteiger partial charge is 0.333 e. The fraction of sp³-hybridized carbons (Fsp3) is 0.875. The normalized spacial score (nSPS) is 22.5. The third-order valence-electron chi connectivity index (χ3n) is 2.70. The molecule has 0 aliphatic carbocycles. The molecule has 3 N–H and O–H groups in total. The lowest BCUT2D eigenvalue weighted by Crippen LogP contribution is -2.43. The number of hydrogen-bond acceptors (Lipinski definition) is 6. The number of sulfone groups is 1. The van der Waals surface area contributed by atoms with Crippen LogP contribution in [-0.4, -0.2) is 62.4 Å². The zero-order valence-corrected chi connectivity index (χ0v) is 11.1. The molecule has 1 saturated heterocycles. The number of nitrogens with one attached hydrogen (secondary N) is 1. The van der Waals surface area contributed by atoms with E-state index < -0.39 is 43.7 Å². The van der Waals surface area contributed by atoms with Crippen molar-refractivity contribution in [3.05, 3.63) is 0 Å². The molecule has 8 nitrogen and oxygen atoms in total. The first kappa shape index (κ1) is 15.3. The van der Waals surface area contributed by atoms with E-state index >= 15 is 0 Å². The second kappa shape index (κ2) is 5.51. The van der Waals surface area contributed by atoms with E-state index in [4.69, 9.17) is 10.2 Å². The van der Waals surface area contributed by atoms with Crippen LogP contribution in [0.3, 0.4) is 0 Å². The third-order valence-corrected chi connectivity index (χ3v) is 6.34. The van der Waals surface area contributed by atoms with Crippen molar-refractivity contribution < 1.29 is 31.8 Å². The van der Waals surface area contributed by atoms with Gasteiger partial charge in [0.25, 0.3) is 0 Å². The molecule has 1 aliphatic rings. The number of aliphatic carboxylic acids is 1. The van der Waals surface area contributed by atoms with Crippen LogP contribution in [0.5, 0.6) is 0 Å². The molecule has 1 rings (SSSR count). The van der Waals surface area contributed by atoms with E-state index in [2.05, 4.69) is 0 Å². The molecule has 0 bridgehead atoms. The molecule has 18 heavy (non-hydrogen) atoms. The Balaban J connectivity index is 2.58. The van der Waals surface area contributed by atoms with Crippen molar-refractivity contribution in [3.8, 4) is 0 Å². The minimum atomic E-state index is -3.80. The Hall–Kier alpha value is -0.710. The molecule has 10 heteroatoms. The minimum Gasteiger partial charge on any atom is -0.479 e. The van der Waals surface area contributed by atoms with Gasteiger partial charge in [0, 0.05) is 6.54 Å². The topological polar surface area (TPSA) is 138 Å². The predicted octanol–water partition coefficient (Wildman–Crippen LogP) is -2.07. The summed E-state index contributed by atoms with van der Waals surface area (Å²) >= 11 is 0. The lowest BCUT2D eigenvalue weighted by Gasteiger charge is -2.22. The highest BCUT2D eigenvalue weighted by atomic mass is 32.2. The summed E-state index contributed by atoms with van der Waals surface area (Å²) in [5, 5.41) is 16.5. The molecule has 0 saturated carbocycles. The molecule has 0 amide bonds. The number of carboxylic acid groups (broad SMARTS) is 1. The first-order chi connectivity index (χ1) is 8.14. The Bertz CT molecular complexity index is 496. The number of aliphatic hydroxyl groups is 1. The largest absolute Gasteiger partial charge is 0.479 e. The van der Waals surface area contributed by atoms with Crippen LogP contribution in [-0.2, 0) is 24.7 Å². The molecule has 0 aromatic carbocycles. The zero-order valence-electron chi connectivity index (χ0n) is 9.44. The van der Waals surface area contributed by atoms with E-state index in [9.17, 15) is 21.6 Å². The molecule has 1 atom stereocenters. The summed E-state index contributed by atoms with van der Waals surface area (Å²) in [4.78, 5) is 10.3. The van der Waals surface area contributed by atoms with Gasteiger partial charge in [-0.3, -0.25) is 0 Å². The van der Waals surface area contributed by atoms with Gasteiger partial charge in [-0.2, -0.15) is 0 Å². The van der Waals surface area contributed by atoms with Crippen molar-refractivity contribution in [2.24, 2.45) is 0 Å². The van der Waals surface area contributed by atoms with Gasteiger partial charge in [-0.1, -0.05) is 0 Å². The zero-order chi connectivity index (χ0) is 14.0. The van der Waals surface area contributed by atoms with Crippen molar-refractivity contribution in [1.29, 1.82) is 0 Å². The lowest BCUT2D eigenvalue weighted by molar-refractivity contribution is -0.146. The van der Waals surface area contributed by atoms with Crippen LogP contribution in [0.4, 0.5) is 0 Å². The average Bonchev–Trinajstić information content (AvgIpc) is 2.25. The van der Waals surface area contributed by atoms with Crippen molar-refractivity contribution in [2.75, 3.05) is 18.1 Å². The molecule has 0 spiro atoms. The molecule has 0 aromatic rings. The van der Waals surface area contributed by atoms with E-state index in [-0.39, 0.29) is 24.3 Å². The summed E-state index contributed by atoms with van der Waals surface area (Å²) in [6.45, 7) is -0.624. The molecule has 1 aliphatic heterocycles. The third kappa shape index (κ3) is 4.19. The van der Waals surface area contributed by atoms with Gasteiger partial charge in [0.05, 0.1) is 16.8 Å². The maximum Gasteiger partial charge on any atom is 0.333 e. The van der Waals surface area contributed by atoms with Gasteiger partial charge < -0.3 is 10.2 Å². The fourth-order valence-electron chi connectivity index (χ4n) is 1.58. The first-order valence-corrected chi connectivity index (χ1v) is 8.60. The van der Waals surface area contributed by atoms with Crippen LogP contribution in [0.25, 0.3) is 0 Å². The molecule has 0 radical (unpaired) electrons. The second-order valence-corrected chi connectivity index (χ2v) is 8.45. The van der Waals surface area contributed by atoms with Crippen LogP contribution in [0.1, 0.15) is 12.8 Å². The van der Waals surface area contributed by atoms with Gasteiger partial charge in [0.1, 0.15) is 9.84 Å². The number of sulfonamides is 1. The Morgan fingerprint density at radius 1 is 1.33 bits per heavy atom. The number of carbonyl (C=O) groups is 1. The van der Waals surface area contributed by atoms with Gasteiger partial charge in [-0.25, -0.2) is 26.4 Å². The van der Waals surface area contributed by atoms with Crippen LogP contribution >= 0.6 is 0 Å². The Kier molecular flexibility index (Phi) is 4.70. The lowest BCUT2D eigenvalue weighted by atomic mass is 10.2. The fourth-order valence-corrected chi connectivity index (χ4v) is 4.85. The van der Waals surface area contributed by atoms with Gasteiger partial charge >= 0.3 is 5.97 Å². The first-order valence-electron chi connectivity index (χ1n) is 5.24. The van der Waals surface area contributed by atoms with Crippen LogP contribution in [0.15, 0.2) is 0 Å². The van der Waals surface area contributed by atoms with E-state index in [1.165, 1.54) is 0 Å². The van der Waals surface area contributed by atoms with Crippen molar-refractivity contribution in [3.63, 3.8) is 0 Å². The molecule has 0 unspecified atom stereocenters. The number of carboxylic acids is 1. The van der Waals surface area contributed by atoms with E-state index in [0.717, 1.165) is 0 Å². The SMILES string of the molecule is O=C(O)[C@@H](O)CNS(=O)(=O)C1CCS(=O)(=O)CC1. The molecular weight excluding hydrogens is 286 g/mol. The summed E-state index contributed by atoms with van der Waals surface area (Å²) in [5.74, 6) is -1.91. The summed E-state index contributed by atoms with van der Waals surface area (Å²) in [7, 11) is -6.96. The quantitative estimate of drug-likeness (QED) is 0.530. The molecule has 1 fully saturated rings. The predicted molar refractivity (Wildman–Crippen MR) is 62.2 cm³/mol. The highest BCUT2D eigenvalue weighted by molar-refractivity contribution is 7.92. The number of rotatable bonds is 5. The number of aliphatic hydroxyl groups excluding tert-OH is 1. The Morgan fingerprint density at radius 2 is 1.83 bits per heavy atom. The van der Waals surface area contributed by atoms with Crippen LogP contribution in [0.2, 0.25) is 0 Å². The minimum absolute atomic E-state index is 0.0131. The van der Waals surface area contributed by atoms with E-state index in [1.54, 1.807) is 0 Å². The number of hydrogen-bond donors (Lipinski definition) is 3. The highest BCUT2D eigenvalue weighted by Gasteiger charge is 2.33. The van der Waals surface area contributed by atoms with Gasteiger partial charge in [-0.05, 0) is 12.8 Å². The van der Waals surface area contributed by atoms with Crippen LogP contribution < -0.4 is 4.72 Å². The average molecular weight is 301 g/mol. The second-order valence-electron chi connectivity index (χ2n) is 4.10. The van der Waals surface area contributed by atoms with E-state index in [0.29, 0.717) is 0 Å². The van der Waals surface area contributed by atoms with Crippen LogP contribution in [0, 0.1) is 0 Å². The standard InChI is InChI=1S/C8H15NO7S2/c10-7(8(11)12)5-9-18(15,16)6-1-3-17(13,14)4-2-6/h6-7,9-10H,1-5H2,(H,11,12)/t7-/m0/s1. The van der Waals surface area contributed by atoms with Gasteiger partial charge in [0.2, 0.25) is 10.0 Å². The molecule has 106 valence electrons. The Labute approximate surface area is 105 Å². The summed E-state index contributed by atoms with van der Waals surface area (Å²) in [6.07, 6.45) is -1.84. The van der Waals surface area contributed by atoms with Gasteiger partial charge in [0.15, 0.2) is 6.10 Å². The maximum atomic E-state index is 11.7. The summed E-state index contributed by atoms with van der Waals surface area (Å²) in [6, 6.07) is 0. The highest BCUT2D eigenvalue weighted by Crippen LogP contribution is 2.18. The monoisotopic (exact) mass is 301 g/mol. The maximum absolute atomic E-state index is 11.7. The molecule has 0 aromatic heterocycles. The Morgan fingerprint density at radius 3 is 2.28 bits per heavy atom. The summed E-state index contributed by atoms with van der Waals surface area (Å²) < 4.78 is 47.7. The van der Waals surface area contributed by atoms with Crippen molar-refractivity contribution in [2.45, 2.75) is 24.2 Å². The molecule has 1 heterocycles. The molecular formula is C8H15NO7S2. The van der Waals surface area contributed by atoms with Crippen molar-refractivity contribution >= 4 is 25.8 Å².